The molecule has 0 aromatic carbocycles. The third-order valence-electron chi connectivity index (χ3n) is 2.06. The number of aromatic nitrogens is 1. The lowest BCUT2D eigenvalue weighted by Gasteiger charge is -2.11. The molecular weight excluding hydrogens is 204 g/mol. The van der Waals surface area contributed by atoms with E-state index in [4.69, 9.17) is 10.5 Å². The maximum absolute atomic E-state index is 5.73. The standard InChI is InChI=1S/C11H20N4O/c1-15(2)7-9-16-8-6-14-11-10(12)4-3-5-13-11/h3-5H,6-9,12H2,1-2H3,(H,13,14). The number of ether oxygens (including phenoxy) is 1. The van der Waals surface area contributed by atoms with Crippen LogP contribution in [0.15, 0.2) is 18.3 Å². The zero-order valence-electron chi connectivity index (χ0n) is 9.94. The van der Waals surface area contributed by atoms with Gasteiger partial charge < -0.3 is 20.7 Å². The molecule has 0 radical (unpaired) electrons. The summed E-state index contributed by atoms with van der Waals surface area (Å²) in [4.78, 5) is 6.21. The maximum atomic E-state index is 5.73. The number of hydrogen-bond acceptors (Lipinski definition) is 5. The summed E-state index contributed by atoms with van der Waals surface area (Å²) in [7, 11) is 4.05. The van der Waals surface area contributed by atoms with Crippen LogP contribution in [0.4, 0.5) is 11.5 Å². The number of rotatable bonds is 7. The molecule has 0 atom stereocenters. The smallest absolute Gasteiger partial charge is 0.149 e. The van der Waals surface area contributed by atoms with Crippen molar-refractivity contribution >= 4 is 11.5 Å². The molecule has 0 aliphatic heterocycles. The summed E-state index contributed by atoms with van der Waals surface area (Å²) in [5.41, 5.74) is 6.39. The fourth-order valence-electron chi connectivity index (χ4n) is 1.16. The minimum atomic E-state index is 0.657. The van der Waals surface area contributed by atoms with E-state index in [9.17, 15) is 0 Å². The molecule has 0 bridgehead atoms. The molecule has 16 heavy (non-hydrogen) atoms. The van der Waals surface area contributed by atoms with E-state index in [1.165, 1.54) is 0 Å². The molecule has 5 nitrogen and oxygen atoms in total. The minimum Gasteiger partial charge on any atom is -0.396 e. The van der Waals surface area contributed by atoms with Gasteiger partial charge in [-0.15, -0.1) is 0 Å². The number of anilines is 2. The highest BCUT2D eigenvalue weighted by molar-refractivity contribution is 5.60. The van der Waals surface area contributed by atoms with Crippen molar-refractivity contribution in [2.45, 2.75) is 0 Å². The molecule has 0 fully saturated rings. The van der Waals surface area contributed by atoms with E-state index in [0.717, 1.165) is 19.0 Å². The quantitative estimate of drug-likeness (QED) is 0.666. The molecule has 0 aliphatic carbocycles. The average Bonchev–Trinajstić information content (AvgIpc) is 2.25. The van der Waals surface area contributed by atoms with Gasteiger partial charge in [0.1, 0.15) is 5.82 Å². The molecule has 0 saturated carbocycles. The van der Waals surface area contributed by atoms with E-state index in [-0.39, 0.29) is 0 Å². The van der Waals surface area contributed by atoms with E-state index in [1.807, 2.05) is 26.2 Å². The van der Waals surface area contributed by atoms with Gasteiger partial charge in [0.2, 0.25) is 0 Å². The fraction of sp³-hybridized carbons (Fsp3) is 0.545. The first-order valence-electron chi connectivity index (χ1n) is 5.37. The van der Waals surface area contributed by atoms with Gasteiger partial charge in [0, 0.05) is 19.3 Å². The zero-order chi connectivity index (χ0) is 11.8. The van der Waals surface area contributed by atoms with Crippen LogP contribution in [0.2, 0.25) is 0 Å². The van der Waals surface area contributed by atoms with Crippen LogP contribution in [0.5, 0.6) is 0 Å². The lowest BCUT2D eigenvalue weighted by atomic mass is 10.4. The van der Waals surface area contributed by atoms with Crippen LogP contribution in [0.1, 0.15) is 0 Å². The number of nitrogens with zero attached hydrogens (tertiary/aromatic N) is 2. The van der Waals surface area contributed by atoms with Crippen LogP contribution < -0.4 is 11.1 Å². The molecule has 3 N–H and O–H groups in total. The van der Waals surface area contributed by atoms with Gasteiger partial charge in [-0.05, 0) is 26.2 Å². The van der Waals surface area contributed by atoms with Crippen molar-refractivity contribution < 1.29 is 4.74 Å². The fourth-order valence-corrected chi connectivity index (χ4v) is 1.16. The largest absolute Gasteiger partial charge is 0.396 e. The molecular formula is C11H20N4O. The molecule has 0 saturated heterocycles. The molecule has 90 valence electrons. The van der Waals surface area contributed by atoms with Crippen molar-refractivity contribution in [3.05, 3.63) is 18.3 Å². The second-order valence-electron chi connectivity index (χ2n) is 3.78. The monoisotopic (exact) mass is 224 g/mol. The number of hydrogen-bond donors (Lipinski definition) is 2. The second kappa shape index (κ2) is 7.03. The molecule has 1 aromatic heterocycles. The Morgan fingerprint density at radius 1 is 1.44 bits per heavy atom. The van der Waals surface area contributed by atoms with Crippen LogP contribution >= 0.6 is 0 Å². The Labute approximate surface area is 96.6 Å². The molecule has 0 amide bonds. The van der Waals surface area contributed by atoms with Crippen LogP contribution in [0.25, 0.3) is 0 Å². The SMILES string of the molecule is CN(C)CCOCCNc1ncccc1N. The molecule has 1 aromatic rings. The highest BCUT2D eigenvalue weighted by atomic mass is 16.5. The summed E-state index contributed by atoms with van der Waals surface area (Å²) in [5.74, 6) is 0.721. The average molecular weight is 224 g/mol. The van der Waals surface area contributed by atoms with Crippen LogP contribution in [-0.4, -0.2) is 50.3 Å². The summed E-state index contributed by atoms with van der Waals surface area (Å²) >= 11 is 0. The summed E-state index contributed by atoms with van der Waals surface area (Å²) in [6, 6.07) is 3.64. The summed E-state index contributed by atoms with van der Waals surface area (Å²) in [5, 5.41) is 3.13. The number of nitrogen functional groups attached to an aromatic ring is 1. The topological polar surface area (TPSA) is 63.4 Å². The molecule has 0 unspecified atom stereocenters. The zero-order valence-corrected chi connectivity index (χ0v) is 9.94. The van der Waals surface area contributed by atoms with Gasteiger partial charge >= 0.3 is 0 Å². The van der Waals surface area contributed by atoms with Crippen molar-refractivity contribution in [2.24, 2.45) is 0 Å². The second-order valence-corrected chi connectivity index (χ2v) is 3.78. The van der Waals surface area contributed by atoms with E-state index >= 15 is 0 Å². The van der Waals surface area contributed by atoms with E-state index in [1.54, 1.807) is 6.20 Å². The molecule has 1 heterocycles. The van der Waals surface area contributed by atoms with Crippen molar-refractivity contribution in [1.29, 1.82) is 0 Å². The lowest BCUT2D eigenvalue weighted by molar-refractivity contribution is 0.126. The van der Waals surface area contributed by atoms with Gasteiger partial charge in [0.15, 0.2) is 0 Å². The van der Waals surface area contributed by atoms with Crippen molar-refractivity contribution in [1.82, 2.24) is 9.88 Å². The Hall–Kier alpha value is -1.33. The summed E-state index contributed by atoms with van der Waals surface area (Å²) < 4.78 is 5.43. The van der Waals surface area contributed by atoms with Gasteiger partial charge in [0.25, 0.3) is 0 Å². The summed E-state index contributed by atoms with van der Waals surface area (Å²) in [6.07, 6.45) is 1.71. The predicted octanol–water partition coefficient (Wildman–Crippen LogP) is 0.654. The highest BCUT2D eigenvalue weighted by Gasteiger charge is 1.97. The lowest BCUT2D eigenvalue weighted by Crippen LogP contribution is -2.20. The third kappa shape index (κ3) is 4.95. The molecule has 1 rings (SSSR count). The Morgan fingerprint density at radius 3 is 2.94 bits per heavy atom. The van der Waals surface area contributed by atoms with Gasteiger partial charge in [-0.2, -0.15) is 0 Å². The van der Waals surface area contributed by atoms with Crippen LogP contribution in [-0.2, 0) is 4.74 Å². The summed E-state index contributed by atoms with van der Waals surface area (Å²) in [6.45, 7) is 3.05. The Morgan fingerprint density at radius 2 is 2.25 bits per heavy atom. The van der Waals surface area contributed by atoms with Crippen molar-refractivity contribution in [3.63, 3.8) is 0 Å². The Balaban J connectivity index is 2.10. The van der Waals surface area contributed by atoms with Crippen molar-refractivity contribution in [3.8, 4) is 0 Å². The van der Waals surface area contributed by atoms with Gasteiger partial charge in [0.05, 0.1) is 18.9 Å². The van der Waals surface area contributed by atoms with E-state index in [0.29, 0.717) is 18.8 Å². The van der Waals surface area contributed by atoms with Crippen LogP contribution in [0.3, 0.4) is 0 Å². The normalized spacial score (nSPS) is 10.7. The van der Waals surface area contributed by atoms with Gasteiger partial charge in [-0.3, -0.25) is 0 Å². The first-order valence-corrected chi connectivity index (χ1v) is 5.37. The minimum absolute atomic E-state index is 0.657. The van der Waals surface area contributed by atoms with E-state index in [2.05, 4.69) is 15.2 Å². The first-order chi connectivity index (χ1) is 7.70. The predicted molar refractivity (Wildman–Crippen MR) is 66.5 cm³/mol. The van der Waals surface area contributed by atoms with E-state index < -0.39 is 0 Å². The Bertz CT molecular complexity index is 304. The molecule has 0 aliphatic rings. The molecule has 0 spiro atoms. The number of likely N-dealkylation sites (N-methyl/N-ethyl adjacent to an activating group) is 1. The van der Waals surface area contributed by atoms with Crippen molar-refractivity contribution in [2.75, 3.05) is 51.4 Å². The molecule has 5 heteroatoms. The number of nitrogens with two attached hydrogens (primary N) is 1. The van der Waals surface area contributed by atoms with Gasteiger partial charge in [-0.1, -0.05) is 0 Å². The van der Waals surface area contributed by atoms with Gasteiger partial charge in [-0.25, -0.2) is 4.98 Å². The number of nitrogens with one attached hydrogen (secondary N) is 1. The highest BCUT2D eigenvalue weighted by Crippen LogP contribution is 2.11. The third-order valence-corrected chi connectivity index (χ3v) is 2.06. The first kappa shape index (κ1) is 12.7. The Kier molecular flexibility index (Phi) is 5.60. The number of pyridine rings is 1. The maximum Gasteiger partial charge on any atom is 0.149 e. The van der Waals surface area contributed by atoms with Crippen LogP contribution in [0, 0.1) is 0 Å².